The van der Waals surface area contributed by atoms with Crippen LogP contribution in [0.2, 0.25) is 0 Å². The number of aryl methyl sites for hydroxylation is 2. The second-order valence-electron chi connectivity index (χ2n) is 6.22. The highest BCUT2D eigenvalue weighted by Crippen LogP contribution is 2.27. The smallest absolute Gasteiger partial charge is 0.285 e. The zero-order valence-electron chi connectivity index (χ0n) is 14.8. The normalized spacial score (nSPS) is 12.0. The third kappa shape index (κ3) is 2.50. The number of aromatic amines is 1. The summed E-state index contributed by atoms with van der Waals surface area (Å²) >= 11 is 0. The Morgan fingerprint density at radius 2 is 1.93 bits per heavy atom. The summed E-state index contributed by atoms with van der Waals surface area (Å²) in [7, 11) is -2.52. The quantitative estimate of drug-likeness (QED) is 0.579. The third-order valence-electron chi connectivity index (χ3n) is 4.42. The van der Waals surface area contributed by atoms with E-state index in [9.17, 15) is 13.2 Å². The lowest BCUT2D eigenvalue weighted by atomic mass is 10.2. The number of hydrogen-bond donors (Lipinski definition) is 1. The molecule has 0 atom stereocenters. The Bertz CT molecular complexity index is 1370. The van der Waals surface area contributed by atoms with Gasteiger partial charge in [0.25, 0.3) is 5.56 Å². The van der Waals surface area contributed by atoms with Crippen LogP contribution in [0.25, 0.3) is 16.6 Å². The van der Waals surface area contributed by atoms with E-state index < -0.39 is 15.4 Å². The van der Waals surface area contributed by atoms with Gasteiger partial charge in [0.1, 0.15) is 11.1 Å². The van der Waals surface area contributed by atoms with Gasteiger partial charge in [-0.25, -0.2) is 18.1 Å². The van der Waals surface area contributed by atoms with Crippen molar-refractivity contribution in [3.63, 3.8) is 0 Å². The molecule has 0 saturated heterocycles. The van der Waals surface area contributed by atoms with E-state index in [-0.39, 0.29) is 21.0 Å². The molecule has 2 aromatic heterocycles. The molecule has 0 amide bonds. The van der Waals surface area contributed by atoms with Gasteiger partial charge in [-0.2, -0.15) is 4.98 Å². The zero-order valence-corrected chi connectivity index (χ0v) is 15.7. The van der Waals surface area contributed by atoms with Crippen LogP contribution in [0.5, 0.6) is 5.75 Å². The van der Waals surface area contributed by atoms with Gasteiger partial charge in [-0.15, -0.1) is 5.10 Å². The van der Waals surface area contributed by atoms with Gasteiger partial charge in [0.05, 0.1) is 17.5 Å². The molecule has 8 nitrogen and oxygen atoms in total. The standard InChI is InChI=1S/C18H16N4O4S/c1-10-7-8-14(11(2)9-10)27(24,25)18-16-19-17(23)15-12(22(16)21-20-18)5-4-6-13(15)26-3/h4-9,21H,1-3H3. The molecule has 138 valence electrons. The maximum absolute atomic E-state index is 13.1. The fourth-order valence-electron chi connectivity index (χ4n) is 3.18. The first kappa shape index (κ1) is 17.2. The number of fused-ring (bicyclic) bond motifs is 3. The summed E-state index contributed by atoms with van der Waals surface area (Å²) in [4.78, 5) is 16.6. The van der Waals surface area contributed by atoms with Crippen LogP contribution in [0.15, 0.2) is 51.1 Å². The first-order valence-electron chi connectivity index (χ1n) is 8.11. The van der Waals surface area contributed by atoms with Gasteiger partial charge in [-0.1, -0.05) is 23.8 Å². The first-order valence-corrected chi connectivity index (χ1v) is 9.59. The molecule has 0 fully saturated rings. The van der Waals surface area contributed by atoms with Crippen LogP contribution in [0.3, 0.4) is 0 Å². The van der Waals surface area contributed by atoms with Gasteiger partial charge >= 0.3 is 0 Å². The summed E-state index contributed by atoms with van der Waals surface area (Å²) in [6, 6.07) is 10.0. The third-order valence-corrected chi connectivity index (χ3v) is 6.24. The minimum absolute atomic E-state index is 0.0549. The summed E-state index contributed by atoms with van der Waals surface area (Å²) in [6.45, 7) is 3.60. The van der Waals surface area contributed by atoms with Crippen molar-refractivity contribution in [3.05, 3.63) is 57.9 Å². The Labute approximate surface area is 154 Å². The van der Waals surface area contributed by atoms with E-state index in [1.165, 1.54) is 17.7 Å². The summed E-state index contributed by atoms with van der Waals surface area (Å²) < 4.78 is 32.9. The molecule has 0 radical (unpaired) electrons. The number of benzene rings is 2. The molecular weight excluding hydrogens is 368 g/mol. The van der Waals surface area contributed by atoms with Crippen molar-refractivity contribution >= 4 is 26.4 Å². The molecule has 0 aliphatic heterocycles. The van der Waals surface area contributed by atoms with Crippen molar-refractivity contribution in [3.8, 4) is 5.75 Å². The molecule has 0 aliphatic rings. The summed E-state index contributed by atoms with van der Waals surface area (Å²) in [5.74, 6) is 0.354. The number of ether oxygens (including phenoxy) is 1. The number of hydrogen-bond acceptors (Lipinski definition) is 6. The SMILES string of the molecule is COc1cccc2c1c(=O)nc1c(S(=O)(=O)c3ccc(C)cc3C)n[nH]n12. The van der Waals surface area contributed by atoms with Crippen molar-refractivity contribution in [2.45, 2.75) is 23.8 Å². The van der Waals surface area contributed by atoms with Gasteiger partial charge in [0, 0.05) is 0 Å². The average Bonchev–Trinajstić information content (AvgIpc) is 3.05. The number of rotatable bonds is 3. The molecule has 9 heteroatoms. The molecule has 4 rings (SSSR count). The molecule has 0 unspecified atom stereocenters. The zero-order chi connectivity index (χ0) is 19.3. The van der Waals surface area contributed by atoms with Crippen molar-refractivity contribution in [2.24, 2.45) is 0 Å². The Kier molecular flexibility index (Phi) is 3.77. The van der Waals surface area contributed by atoms with Crippen LogP contribution in [-0.4, -0.2) is 35.3 Å². The van der Waals surface area contributed by atoms with Crippen molar-refractivity contribution in [1.82, 2.24) is 19.8 Å². The van der Waals surface area contributed by atoms with Gasteiger partial charge in [-0.3, -0.25) is 4.79 Å². The van der Waals surface area contributed by atoms with Crippen molar-refractivity contribution < 1.29 is 13.2 Å². The predicted molar refractivity (Wildman–Crippen MR) is 99.0 cm³/mol. The second kappa shape index (κ2) is 5.92. The fraction of sp³-hybridized carbons (Fsp3) is 0.167. The number of sulfone groups is 1. The fourth-order valence-corrected chi connectivity index (χ4v) is 4.66. The number of aromatic nitrogens is 4. The van der Waals surface area contributed by atoms with E-state index in [0.717, 1.165) is 5.56 Å². The van der Waals surface area contributed by atoms with E-state index >= 15 is 0 Å². The van der Waals surface area contributed by atoms with Crippen LogP contribution in [0.1, 0.15) is 11.1 Å². The highest BCUT2D eigenvalue weighted by Gasteiger charge is 2.28. The van der Waals surface area contributed by atoms with E-state index in [4.69, 9.17) is 4.74 Å². The lowest BCUT2D eigenvalue weighted by Crippen LogP contribution is -2.13. The summed E-state index contributed by atoms with van der Waals surface area (Å²) in [5, 5.41) is 6.56. The lowest BCUT2D eigenvalue weighted by molar-refractivity contribution is 0.419. The molecule has 0 aliphatic carbocycles. The number of methoxy groups -OCH3 is 1. The summed E-state index contributed by atoms with van der Waals surface area (Å²) in [5.41, 5.74) is 1.34. The largest absolute Gasteiger partial charge is 0.496 e. The van der Waals surface area contributed by atoms with Crippen molar-refractivity contribution in [1.29, 1.82) is 0 Å². The molecule has 2 aromatic carbocycles. The first-order chi connectivity index (χ1) is 12.8. The maximum atomic E-state index is 13.1. The van der Waals surface area contributed by atoms with Crippen molar-refractivity contribution in [2.75, 3.05) is 7.11 Å². The number of H-pyrrole nitrogens is 1. The lowest BCUT2D eigenvalue weighted by Gasteiger charge is -2.07. The summed E-state index contributed by atoms with van der Waals surface area (Å²) in [6.07, 6.45) is 0. The highest BCUT2D eigenvalue weighted by atomic mass is 32.2. The number of nitrogens with zero attached hydrogens (tertiary/aromatic N) is 3. The number of nitrogens with one attached hydrogen (secondary N) is 1. The molecule has 2 heterocycles. The van der Waals surface area contributed by atoms with Gasteiger partial charge < -0.3 is 4.74 Å². The van der Waals surface area contributed by atoms with Crippen LogP contribution in [0.4, 0.5) is 0 Å². The molecule has 4 aromatic rings. The predicted octanol–water partition coefficient (Wildman–Crippen LogP) is 2.03. The molecule has 0 spiro atoms. The van der Waals surface area contributed by atoms with E-state index in [1.54, 1.807) is 37.3 Å². The Balaban J connectivity index is 2.06. The average molecular weight is 384 g/mol. The highest BCUT2D eigenvalue weighted by molar-refractivity contribution is 7.91. The molecule has 1 N–H and O–H groups in total. The molecule has 0 bridgehead atoms. The van der Waals surface area contributed by atoms with E-state index in [2.05, 4.69) is 15.3 Å². The maximum Gasteiger partial charge on any atom is 0.285 e. The van der Waals surface area contributed by atoms with Gasteiger partial charge in [0.2, 0.25) is 14.9 Å². The van der Waals surface area contributed by atoms with E-state index in [0.29, 0.717) is 16.8 Å². The monoisotopic (exact) mass is 384 g/mol. The Hall–Kier alpha value is -3.20. The minimum atomic E-state index is -3.97. The van der Waals surface area contributed by atoms with Gasteiger partial charge in [-0.05, 0) is 37.6 Å². The van der Waals surface area contributed by atoms with Crippen LogP contribution in [0, 0.1) is 13.8 Å². The second-order valence-corrected chi connectivity index (χ2v) is 8.05. The van der Waals surface area contributed by atoms with Crippen LogP contribution < -0.4 is 10.3 Å². The van der Waals surface area contributed by atoms with E-state index in [1.807, 2.05) is 6.92 Å². The van der Waals surface area contributed by atoms with Gasteiger partial charge in [0.15, 0.2) is 5.65 Å². The van der Waals surface area contributed by atoms with Crippen LogP contribution >= 0.6 is 0 Å². The van der Waals surface area contributed by atoms with Crippen LogP contribution in [-0.2, 0) is 9.84 Å². The Morgan fingerprint density at radius 3 is 2.63 bits per heavy atom. The minimum Gasteiger partial charge on any atom is -0.496 e. The molecule has 27 heavy (non-hydrogen) atoms. The molecular formula is C18H16N4O4S. The topological polar surface area (TPSA) is 106 Å². The Morgan fingerprint density at radius 1 is 1.15 bits per heavy atom. The molecule has 0 saturated carbocycles.